The van der Waals surface area contributed by atoms with Crippen LogP contribution in [0.3, 0.4) is 0 Å². The van der Waals surface area contributed by atoms with E-state index in [1.165, 1.54) is 18.4 Å². The number of piperazine rings is 1. The molecule has 1 aliphatic heterocycles. The van der Waals surface area contributed by atoms with E-state index in [9.17, 15) is 9.59 Å². The lowest BCUT2D eigenvalue weighted by molar-refractivity contribution is -0.129. The number of pyridine rings is 2. The van der Waals surface area contributed by atoms with E-state index in [0.717, 1.165) is 41.2 Å². The molecule has 7 rings (SSSR count). The van der Waals surface area contributed by atoms with Crippen LogP contribution in [0.5, 0.6) is 0 Å². The molecule has 1 saturated heterocycles. The zero-order valence-electron chi connectivity index (χ0n) is 22.9. The Morgan fingerprint density at radius 1 is 1.10 bits per heavy atom. The van der Waals surface area contributed by atoms with E-state index in [2.05, 4.69) is 43.4 Å². The van der Waals surface area contributed by atoms with E-state index < -0.39 is 0 Å². The average Bonchev–Trinajstić information content (AvgIpc) is 3.89. The first-order chi connectivity index (χ1) is 19.9. The van der Waals surface area contributed by atoms with Gasteiger partial charge in [-0.05, 0) is 66.5 Å². The number of imidazole rings is 1. The van der Waals surface area contributed by atoms with Gasteiger partial charge in [0.1, 0.15) is 5.82 Å². The monoisotopic (exact) mass is 569 g/mol. The number of hydrogen-bond acceptors (Lipinski definition) is 6. The van der Waals surface area contributed by atoms with Crippen molar-refractivity contribution in [3.8, 4) is 0 Å². The number of rotatable bonds is 8. The average molecular weight is 570 g/mol. The van der Waals surface area contributed by atoms with Crippen LogP contribution in [0.15, 0.2) is 61.1 Å². The lowest BCUT2D eigenvalue weighted by Crippen LogP contribution is -2.48. The molecule has 0 spiro atoms. The van der Waals surface area contributed by atoms with Crippen molar-refractivity contribution < 1.29 is 9.59 Å². The number of hydrogen-bond donors (Lipinski definition) is 2. The number of anilines is 3. The van der Waals surface area contributed by atoms with E-state index >= 15 is 0 Å². The van der Waals surface area contributed by atoms with Crippen LogP contribution in [-0.2, 0) is 16.1 Å². The number of nitrogens with one attached hydrogen (secondary N) is 2. The Bertz CT molecular complexity index is 1650. The highest BCUT2D eigenvalue weighted by molar-refractivity contribution is 6.30. The molecule has 41 heavy (non-hydrogen) atoms. The van der Waals surface area contributed by atoms with Crippen LogP contribution >= 0.6 is 11.6 Å². The Morgan fingerprint density at radius 3 is 2.78 bits per heavy atom. The summed E-state index contributed by atoms with van der Waals surface area (Å²) in [6, 6.07) is 13.7. The molecular formula is C31H32ClN7O2. The molecular weight excluding hydrogens is 538 g/mol. The van der Waals surface area contributed by atoms with Gasteiger partial charge in [0.05, 0.1) is 24.5 Å². The molecule has 9 nitrogen and oxygen atoms in total. The van der Waals surface area contributed by atoms with Gasteiger partial charge in [0, 0.05) is 61.4 Å². The number of benzene rings is 1. The Balaban J connectivity index is 1.04. The Morgan fingerprint density at radius 2 is 1.98 bits per heavy atom. The van der Waals surface area contributed by atoms with Crippen LogP contribution in [0.4, 0.5) is 17.2 Å². The molecule has 4 aromatic rings. The summed E-state index contributed by atoms with van der Waals surface area (Å²) in [5, 5.41) is 7.09. The molecule has 2 N–H and O–H groups in total. The first-order valence-corrected chi connectivity index (χ1v) is 14.6. The number of nitrogens with zero attached hydrogens (tertiary/aromatic N) is 5. The summed E-state index contributed by atoms with van der Waals surface area (Å²) in [5.41, 5.74) is 6.03. The smallest absolute Gasteiger partial charge is 0.241 e. The van der Waals surface area contributed by atoms with Gasteiger partial charge in [-0.2, -0.15) is 0 Å². The molecule has 3 aliphatic rings. The van der Waals surface area contributed by atoms with Gasteiger partial charge in [-0.1, -0.05) is 23.7 Å². The summed E-state index contributed by atoms with van der Waals surface area (Å²) >= 11 is 6.12. The molecule has 210 valence electrons. The fraction of sp³-hybridized carbons (Fsp3) is 0.355. The topological polar surface area (TPSA) is 94.9 Å². The lowest BCUT2D eigenvalue weighted by atomic mass is 10.1. The lowest BCUT2D eigenvalue weighted by Gasteiger charge is -2.33. The number of amides is 2. The maximum Gasteiger partial charge on any atom is 0.241 e. The minimum absolute atomic E-state index is 0.0265. The molecule has 4 heterocycles. The van der Waals surface area contributed by atoms with Crippen molar-refractivity contribution in [1.82, 2.24) is 19.3 Å². The van der Waals surface area contributed by atoms with Gasteiger partial charge in [0.2, 0.25) is 11.8 Å². The van der Waals surface area contributed by atoms with Crippen molar-refractivity contribution in [2.45, 2.75) is 37.6 Å². The van der Waals surface area contributed by atoms with Crippen LogP contribution in [0.25, 0.3) is 5.65 Å². The molecule has 2 aliphatic carbocycles. The third-order valence-electron chi connectivity index (χ3n) is 8.34. The number of halogens is 1. The van der Waals surface area contributed by atoms with E-state index in [0.29, 0.717) is 36.4 Å². The van der Waals surface area contributed by atoms with Crippen molar-refractivity contribution in [3.63, 3.8) is 0 Å². The highest BCUT2D eigenvalue weighted by Gasteiger charge is 2.44. The largest absolute Gasteiger partial charge is 0.379 e. The number of carbonyl (C=O) groups excluding carboxylic acids is 2. The number of aromatic nitrogens is 3. The second-order valence-electron chi connectivity index (χ2n) is 11.4. The minimum Gasteiger partial charge on any atom is -0.379 e. The van der Waals surface area contributed by atoms with E-state index in [4.69, 9.17) is 16.6 Å². The summed E-state index contributed by atoms with van der Waals surface area (Å²) in [5.74, 6) is 1.33. The maximum absolute atomic E-state index is 12.9. The number of likely N-dealkylation sites (N-methyl/N-ethyl adjacent to an activating group) is 1. The standard InChI is InChI=1S/C31H32ClN7O2/c1-37-9-10-38(18-29(37)40)27-12-21(19-5-6-19)16-39-17-24(35-30(27)39)15-34-23-7-8-33-28(13-23)36-31(41)26-14-25(26)20-3-2-4-22(32)11-20/h2-4,7-8,11-13,16-17,19,25-26H,5-6,9-10,14-15,18H2,1H3,(H2,33,34,36,41)/t25-,26+/m1/s1. The van der Waals surface area contributed by atoms with Gasteiger partial charge in [-0.3, -0.25) is 9.59 Å². The summed E-state index contributed by atoms with van der Waals surface area (Å²) in [4.78, 5) is 38.6. The molecule has 2 amide bonds. The molecule has 3 aromatic heterocycles. The van der Waals surface area contributed by atoms with Gasteiger partial charge in [0.25, 0.3) is 0 Å². The molecule has 10 heteroatoms. The van der Waals surface area contributed by atoms with Crippen LogP contribution in [0.1, 0.15) is 47.9 Å². The second-order valence-corrected chi connectivity index (χ2v) is 11.8. The summed E-state index contributed by atoms with van der Waals surface area (Å²) in [6.45, 7) is 2.38. The molecule has 1 aromatic carbocycles. The molecule has 2 atom stereocenters. The van der Waals surface area contributed by atoms with Crippen molar-refractivity contribution in [2.75, 3.05) is 42.2 Å². The van der Waals surface area contributed by atoms with Crippen LogP contribution < -0.4 is 15.5 Å². The first-order valence-electron chi connectivity index (χ1n) is 14.2. The van der Waals surface area contributed by atoms with E-state index in [-0.39, 0.29) is 23.7 Å². The quantitative estimate of drug-likeness (QED) is 0.314. The summed E-state index contributed by atoms with van der Waals surface area (Å²) in [7, 11) is 1.86. The fourth-order valence-electron chi connectivity index (χ4n) is 5.69. The Hall–Kier alpha value is -4.11. The highest BCUT2D eigenvalue weighted by Crippen LogP contribution is 2.48. The predicted molar refractivity (Wildman–Crippen MR) is 160 cm³/mol. The van der Waals surface area contributed by atoms with E-state index in [1.54, 1.807) is 11.1 Å². The SMILES string of the molecule is CN1CCN(c2cc(C3CC3)cn3cc(CNc4ccnc(NC(=O)[C@H]5C[C@@H]5c5cccc(Cl)c5)c4)nc23)CC1=O. The molecule has 0 bridgehead atoms. The van der Waals surface area contributed by atoms with Crippen molar-refractivity contribution in [1.29, 1.82) is 0 Å². The Kier molecular flexibility index (Phi) is 6.54. The minimum atomic E-state index is -0.0739. The predicted octanol–water partition coefficient (Wildman–Crippen LogP) is 4.89. The zero-order valence-corrected chi connectivity index (χ0v) is 23.6. The summed E-state index contributed by atoms with van der Waals surface area (Å²) in [6.07, 6.45) is 9.15. The summed E-state index contributed by atoms with van der Waals surface area (Å²) < 4.78 is 2.10. The Labute approximate surface area is 243 Å². The zero-order chi connectivity index (χ0) is 28.1. The van der Waals surface area contributed by atoms with Crippen molar-refractivity contribution in [3.05, 3.63) is 82.9 Å². The molecule has 0 unspecified atom stereocenters. The van der Waals surface area contributed by atoms with Crippen molar-refractivity contribution in [2.24, 2.45) is 5.92 Å². The molecule has 3 fully saturated rings. The highest BCUT2D eigenvalue weighted by atomic mass is 35.5. The maximum atomic E-state index is 12.9. The van der Waals surface area contributed by atoms with Crippen LogP contribution in [0, 0.1) is 5.92 Å². The van der Waals surface area contributed by atoms with Gasteiger partial charge < -0.3 is 24.8 Å². The van der Waals surface area contributed by atoms with Gasteiger partial charge >= 0.3 is 0 Å². The fourth-order valence-corrected chi connectivity index (χ4v) is 5.88. The normalized spacial score (nSPS) is 20.4. The first kappa shape index (κ1) is 25.8. The van der Waals surface area contributed by atoms with Gasteiger partial charge in [-0.15, -0.1) is 0 Å². The van der Waals surface area contributed by atoms with Crippen LogP contribution in [-0.4, -0.2) is 57.8 Å². The van der Waals surface area contributed by atoms with Crippen LogP contribution in [0.2, 0.25) is 5.02 Å². The number of carbonyl (C=O) groups is 2. The number of fused-ring (bicyclic) bond motifs is 1. The molecule has 2 saturated carbocycles. The molecule has 0 radical (unpaired) electrons. The third kappa shape index (κ3) is 5.46. The van der Waals surface area contributed by atoms with Gasteiger partial charge in [0.15, 0.2) is 5.65 Å². The third-order valence-corrected chi connectivity index (χ3v) is 8.57. The van der Waals surface area contributed by atoms with Crippen molar-refractivity contribution >= 4 is 46.3 Å². The van der Waals surface area contributed by atoms with E-state index in [1.807, 2.05) is 43.4 Å². The van der Waals surface area contributed by atoms with Gasteiger partial charge in [-0.25, -0.2) is 9.97 Å². The second kappa shape index (κ2) is 10.4.